The highest BCUT2D eigenvalue weighted by Gasteiger charge is 2.25. The molecule has 0 aliphatic carbocycles. The molecule has 1 aromatic heterocycles. The lowest BCUT2D eigenvalue weighted by atomic mass is 10.1. The highest BCUT2D eigenvalue weighted by molar-refractivity contribution is 5.94. The molecule has 1 saturated heterocycles. The number of carbonyl (C=O) groups excluding carboxylic acids is 1. The molecule has 1 unspecified atom stereocenters. The molecular formula is C17H19N3O2. The smallest absolute Gasteiger partial charge is 0.253 e. The Balaban J connectivity index is 1.65. The quantitative estimate of drug-likeness (QED) is 0.873. The maximum Gasteiger partial charge on any atom is 0.253 e. The highest BCUT2D eigenvalue weighted by atomic mass is 16.5. The van der Waals surface area contributed by atoms with Crippen LogP contribution in [0.4, 0.5) is 0 Å². The first-order valence-electron chi connectivity index (χ1n) is 7.51. The lowest BCUT2D eigenvalue weighted by Crippen LogP contribution is -2.44. The minimum atomic E-state index is -0.0157. The lowest BCUT2D eigenvalue weighted by Gasteiger charge is -2.32. The summed E-state index contributed by atoms with van der Waals surface area (Å²) in [7, 11) is 0. The van der Waals surface area contributed by atoms with Crippen LogP contribution in [0, 0.1) is 6.92 Å². The van der Waals surface area contributed by atoms with Crippen LogP contribution in [0.3, 0.4) is 0 Å². The molecule has 2 aromatic rings. The van der Waals surface area contributed by atoms with E-state index in [1.807, 2.05) is 36.1 Å². The zero-order valence-electron chi connectivity index (χ0n) is 12.6. The van der Waals surface area contributed by atoms with Gasteiger partial charge in [0.2, 0.25) is 5.88 Å². The molecule has 1 aliphatic rings. The van der Waals surface area contributed by atoms with Gasteiger partial charge in [-0.2, -0.15) is 0 Å². The number of amides is 1. The van der Waals surface area contributed by atoms with Crippen LogP contribution in [-0.4, -0.2) is 40.0 Å². The van der Waals surface area contributed by atoms with Crippen molar-refractivity contribution >= 4 is 5.91 Å². The summed E-state index contributed by atoms with van der Waals surface area (Å²) in [6.07, 6.45) is 4.97. The average molecular weight is 297 g/mol. The summed E-state index contributed by atoms with van der Waals surface area (Å²) in [6.45, 7) is 3.38. The van der Waals surface area contributed by atoms with Crippen molar-refractivity contribution in [2.24, 2.45) is 0 Å². The first-order chi connectivity index (χ1) is 10.7. The molecule has 5 nitrogen and oxygen atoms in total. The number of aromatic nitrogens is 2. The van der Waals surface area contributed by atoms with E-state index in [0.29, 0.717) is 12.4 Å². The number of ether oxygens (including phenoxy) is 1. The molecule has 114 valence electrons. The first-order valence-corrected chi connectivity index (χ1v) is 7.51. The van der Waals surface area contributed by atoms with Crippen molar-refractivity contribution in [2.75, 3.05) is 13.1 Å². The zero-order valence-corrected chi connectivity index (χ0v) is 12.6. The number of rotatable bonds is 3. The molecule has 1 atom stereocenters. The predicted molar refractivity (Wildman–Crippen MR) is 82.8 cm³/mol. The van der Waals surface area contributed by atoms with Crippen molar-refractivity contribution in [3.8, 4) is 5.88 Å². The molecule has 0 spiro atoms. The summed E-state index contributed by atoms with van der Waals surface area (Å²) in [6, 6.07) is 9.43. The Labute approximate surface area is 130 Å². The van der Waals surface area contributed by atoms with E-state index in [0.717, 1.165) is 30.5 Å². The van der Waals surface area contributed by atoms with E-state index in [-0.39, 0.29) is 12.0 Å². The molecule has 2 heterocycles. The van der Waals surface area contributed by atoms with Gasteiger partial charge in [-0.25, -0.2) is 9.97 Å². The number of likely N-dealkylation sites (tertiary alicyclic amines) is 1. The van der Waals surface area contributed by atoms with Crippen molar-refractivity contribution in [3.05, 3.63) is 54.0 Å². The van der Waals surface area contributed by atoms with Gasteiger partial charge in [0.15, 0.2) is 0 Å². The molecule has 0 saturated carbocycles. The van der Waals surface area contributed by atoms with E-state index < -0.39 is 0 Å². The fourth-order valence-corrected chi connectivity index (χ4v) is 2.62. The lowest BCUT2D eigenvalue weighted by molar-refractivity contribution is 0.0527. The van der Waals surface area contributed by atoms with E-state index in [2.05, 4.69) is 9.97 Å². The van der Waals surface area contributed by atoms with Gasteiger partial charge in [-0.05, 0) is 31.9 Å². The molecule has 0 radical (unpaired) electrons. The standard InChI is InChI=1S/C17H19N3O2/c1-13-4-6-14(7-5-13)17(21)20-10-2-3-15(11-20)22-16-8-9-18-12-19-16/h4-9,12,15H,2-3,10-11H2,1H3. The van der Waals surface area contributed by atoms with Crippen LogP contribution >= 0.6 is 0 Å². The maximum atomic E-state index is 12.6. The number of carbonyl (C=O) groups is 1. The van der Waals surface area contributed by atoms with Crippen LogP contribution in [-0.2, 0) is 0 Å². The molecule has 0 N–H and O–H groups in total. The zero-order chi connectivity index (χ0) is 15.4. The summed E-state index contributed by atoms with van der Waals surface area (Å²) in [5, 5.41) is 0. The molecule has 1 amide bonds. The molecular weight excluding hydrogens is 278 g/mol. The number of hydrogen-bond acceptors (Lipinski definition) is 4. The number of nitrogens with zero attached hydrogens (tertiary/aromatic N) is 3. The Morgan fingerprint density at radius 2 is 2.09 bits per heavy atom. The van der Waals surface area contributed by atoms with Gasteiger partial charge in [-0.1, -0.05) is 17.7 Å². The largest absolute Gasteiger partial charge is 0.472 e. The van der Waals surface area contributed by atoms with E-state index >= 15 is 0 Å². The Bertz CT molecular complexity index is 628. The number of benzene rings is 1. The van der Waals surface area contributed by atoms with E-state index in [1.54, 1.807) is 12.3 Å². The third kappa shape index (κ3) is 3.42. The van der Waals surface area contributed by atoms with Crippen LogP contribution in [0.15, 0.2) is 42.9 Å². The van der Waals surface area contributed by atoms with Gasteiger partial charge in [-0.15, -0.1) is 0 Å². The second-order valence-corrected chi connectivity index (χ2v) is 5.55. The van der Waals surface area contributed by atoms with Gasteiger partial charge >= 0.3 is 0 Å². The summed E-state index contributed by atoms with van der Waals surface area (Å²) >= 11 is 0. The van der Waals surface area contributed by atoms with Crippen LogP contribution in [0.25, 0.3) is 0 Å². The summed E-state index contributed by atoms with van der Waals surface area (Å²) in [5.41, 5.74) is 1.88. The third-order valence-electron chi connectivity index (χ3n) is 3.81. The van der Waals surface area contributed by atoms with Crippen molar-refractivity contribution in [3.63, 3.8) is 0 Å². The Morgan fingerprint density at radius 3 is 2.82 bits per heavy atom. The summed E-state index contributed by atoms with van der Waals surface area (Å²) in [4.78, 5) is 22.4. The van der Waals surface area contributed by atoms with Gasteiger partial charge in [0.05, 0.1) is 6.54 Å². The van der Waals surface area contributed by atoms with Crippen molar-refractivity contribution < 1.29 is 9.53 Å². The predicted octanol–water partition coefficient (Wildman–Crippen LogP) is 2.47. The second kappa shape index (κ2) is 6.56. The maximum absolute atomic E-state index is 12.6. The van der Waals surface area contributed by atoms with E-state index in [4.69, 9.17) is 4.74 Å². The minimum Gasteiger partial charge on any atom is -0.472 e. The van der Waals surface area contributed by atoms with Crippen molar-refractivity contribution in [2.45, 2.75) is 25.9 Å². The molecule has 1 aliphatic heterocycles. The monoisotopic (exact) mass is 297 g/mol. The van der Waals surface area contributed by atoms with Gasteiger partial charge < -0.3 is 9.64 Å². The number of piperidine rings is 1. The van der Waals surface area contributed by atoms with Gasteiger partial charge in [0, 0.05) is 24.4 Å². The van der Waals surface area contributed by atoms with Crippen LogP contribution in [0.1, 0.15) is 28.8 Å². The van der Waals surface area contributed by atoms with Gasteiger partial charge in [0.1, 0.15) is 12.4 Å². The van der Waals surface area contributed by atoms with Crippen molar-refractivity contribution in [1.29, 1.82) is 0 Å². The Morgan fingerprint density at radius 1 is 1.27 bits per heavy atom. The summed E-state index contributed by atoms with van der Waals surface area (Å²) in [5.74, 6) is 0.626. The molecule has 5 heteroatoms. The van der Waals surface area contributed by atoms with E-state index in [9.17, 15) is 4.79 Å². The van der Waals surface area contributed by atoms with Crippen LogP contribution < -0.4 is 4.74 Å². The molecule has 0 bridgehead atoms. The van der Waals surface area contributed by atoms with Crippen molar-refractivity contribution in [1.82, 2.24) is 14.9 Å². The SMILES string of the molecule is Cc1ccc(C(=O)N2CCCC(Oc3ccncn3)C2)cc1. The molecule has 22 heavy (non-hydrogen) atoms. The highest BCUT2D eigenvalue weighted by Crippen LogP contribution is 2.18. The molecule has 1 fully saturated rings. The summed E-state index contributed by atoms with van der Waals surface area (Å²) < 4.78 is 5.85. The van der Waals surface area contributed by atoms with Crippen LogP contribution in [0.5, 0.6) is 5.88 Å². The van der Waals surface area contributed by atoms with Gasteiger partial charge in [-0.3, -0.25) is 4.79 Å². The topological polar surface area (TPSA) is 55.3 Å². The van der Waals surface area contributed by atoms with Gasteiger partial charge in [0.25, 0.3) is 5.91 Å². The second-order valence-electron chi connectivity index (χ2n) is 5.55. The Hall–Kier alpha value is -2.43. The average Bonchev–Trinajstić information content (AvgIpc) is 2.56. The third-order valence-corrected chi connectivity index (χ3v) is 3.81. The first kappa shape index (κ1) is 14.5. The van der Waals surface area contributed by atoms with Crippen LogP contribution in [0.2, 0.25) is 0 Å². The fourth-order valence-electron chi connectivity index (χ4n) is 2.62. The number of hydrogen-bond donors (Lipinski definition) is 0. The van der Waals surface area contributed by atoms with E-state index in [1.165, 1.54) is 6.33 Å². The minimum absolute atomic E-state index is 0.0157. The molecule has 1 aromatic carbocycles. The molecule has 3 rings (SSSR count). The Kier molecular flexibility index (Phi) is 4.32. The number of aryl methyl sites for hydroxylation is 1. The fraction of sp³-hybridized carbons (Fsp3) is 0.353. The normalized spacial score (nSPS) is 18.0.